The first kappa shape index (κ1) is 13.9. The molecule has 0 spiro atoms. The summed E-state index contributed by atoms with van der Waals surface area (Å²) in [5.74, 6) is 0.228. The smallest absolute Gasteiger partial charge is 0.240 e. The van der Waals surface area contributed by atoms with Gasteiger partial charge in [0.1, 0.15) is 5.02 Å². The molecule has 0 saturated carbocycles. The van der Waals surface area contributed by atoms with Crippen molar-refractivity contribution < 1.29 is 8.42 Å². The monoisotopic (exact) mass is 300 g/mol. The summed E-state index contributed by atoms with van der Waals surface area (Å²) in [6.45, 7) is 2.07. The van der Waals surface area contributed by atoms with Crippen molar-refractivity contribution in [2.75, 3.05) is 12.3 Å². The molecular weight excluding hydrogens is 288 g/mol. The van der Waals surface area contributed by atoms with E-state index in [1.165, 1.54) is 16.8 Å². The lowest BCUT2D eigenvalue weighted by Gasteiger charge is -2.06. The Hall–Kier alpha value is -1.57. The van der Waals surface area contributed by atoms with Crippen LogP contribution in [-0.2, 0) is 10.0 Å². The van der Waals surface area contributed by atoms with Crippen LogP contribution in [0.3, 0.4) is 0 Å². The maximum atomic E-state index is 11.8. The van der Waals surface area contributed by atoms with Crippen molar-refractivity contribution in [3.8, 4) is 5.69 Å². The Morgan fingerprint density at radius 2 is 2.00 bits per heavy atom. The molecule has 3 N–H and O–H groups in total. The third-order valence-corrected chi connectivity index (χ3v) is 4.29. The Balaban J connectivity index is 2.33. The first-order chi connectivity index (χ1) is 8.94. The molecule has 6 nitrogen and oxygen atoms in total. The zero-order valence-electron chi connectivity index (χ0n) is 10.2. The van der Waals surface area contributed by atoms with Gasteiger partial charge in [-0.3, -0.25) is 0 Å². The minimum Gasteiger partial charge on any atom is -0.381 e. The Labute approximate surface area is 116 Å². The van der Waals surface area contributed by atoms with Crippen LogP contribution in [0.25, 0.3) is 5.69 Å². The first-order valence-corrected chi connectivity index (χ1v) is 7.41. The van der Waals surface area contributed by atoms with Gasteiger partial charge in [-0.15, -0.1) is 5.10 Å². The van der Waals surface area contributed by atoms with Gasteiger partial charge in [0.05, 0.1) is 16.8 Å². The van der Waals surface area contributed by atoms with Crippen LogP contribution < -0.4 is 10.5 Å². The van der Waals surface area contributed by atoms with E-state index in [1.807, 2.05) is 0 Å². The molecule has 0 saturated heterocycles. The second-order valence-corrected chi connectivity index (χ2v) is 5.98. The number of aromatic nitrogens is 2. The summed E-state index contributed by atoms with van der Waals surface area (Å²) in [7, 11) is -3.44. The summed E-state index contributed by atoms with van der Waals surface area (Å²) < 4.78 is 27.4. The fourth-order valence-electron chi connectivity index (χ4n) is 1.55. The molecule has 0 radical (unpaired) electrons. The molecule has 0 unspecified atom stereocenters. The number of benzene rings is 1. The number of sulfonamides is 1. The van der Waals surface area contributed by atoms with Crippen molar-refractivity contribution in [3.63, 3.8) is 0 Å². The topological polar surface area (TPSA) is 90.0 Å². The van der Waals surface area contributed by atoms with E-state index < -0.39 is 10.0 Å². The van der Waals surface area contributed by atoms with E-state index in [2.05, 4.69) is 9.82 Å². The van der Waals surface area contributed by atoms with Gasteiger partial charge in [-0.25, -0.2) is 17.8 Å². The molecule has 1 aromatic heterocycles. The van der Waals surface area contributed by atoms with E-state index in [1.54, 1.807) is 25.3 Å². The molecular formula is C11H13ClN4O2S. The Morgan fingerprint density at radius 3 is 2.47 bits per heavy atom. The number of hydrogen-bond donors (Lipinski definition) is 2. The summed E-state index contributed by atoms with van der Waals surface area (Å²) >= 11 is 5.81. The number of nitrogens with one attached hydrogen (secondary N) is 1. The van der Waals surface area contributed by atoms with Gasteiger partial charge in [-0.1, -0.05) is 18.5 Å². The Morgan fingerprint density at radius 1 is 1.37 bits per heavy atom. The lowest BCUT2D eigenvalue weighted by molar-refractivity contribution is 0.584. The first-order valence-electron chi connectivity index (χ1n) is 5.55. The normalized spacial score (nSPS) is 11.7. The van der Waals surface area contributed by atoms with Gasteiger partial charge < -0.3 is 5.73 Å². The number of anilines is 1. The summed E-state index contributed by atoms with van der Waals surface area (Å²) in [5.41, 5.74) is 6.22. The molecule has 1 heterocycles. The molecule has 0 bridgehead atoms. The lowest BCUT2D eigenvalue weighted by atomic mass is 10.3. The second kappa shape index (κ2) is 5.20. The number of nitrogens with zero attached hydrogens (tertiary/aromatic N) is 2. The van der Waals surface area contributed by atoms with E-state index in [-0.39, 0.29) is 10.7 Å². The van der Waals surface area contributed by atoms with Crippen molar-refractivity contribution >= 4 is 27.4 Å². The molecule has 0 aliphatic heterocycles. The van der Waals surface area contributed by atoms with Gasteiger partial charge in [0.15, 0.2) is 5.82 Å². The number of nitrogens with two attached hydrogens (primary N) is 1. The number of halogens is 1. The molecule has 102 valence electrons. The van der Waals surface area contributed by atoms with Crippen molar-refractivity contribution in [2.24, 2.45) is 0 Å². The van der Waals surface area contributed by atoms with E-state index in [0.717, 1.165) is 0 Å². The van der Waals surface area contributed by atoms with E-state index >= 15 is 0 Å². The zero-order chi connectivity index (χ0) is 14.0. The van der Waals surface area contributed by atoms with E-state index in [0.29, 0.717) is 17.3 Å². The second-order valence-electron chi connectivity index (χ2n) is 3.80. The van der Waals surface area contributed by atoms with Crippen LogP contribution in [0.1, 0.15) is 6.92 Å². The SMILES string of the molecule is CCNS(=O)(=O)c1ccc(-n2cc(Cl)c(N)n2)cc1. The highest BCUT2D eigenvalue weighted by Crippen LogP contribution is 2.19. The van der Waals surface area contributed by atoms with Crippen LogP contribution in [0.15, 0.2) is 35.4 Å². The van der Waals surface area contributed by atoms with Crippen LogP contribution >= 0.6 is 11.6 Å². The quantitative estimate of drug-likeness (QED) is 0.893. The fraction of sp³-hybridized carbons (Fsp3) is 0.182. The highest BCUT2D eigenvalue weighted by molar-refractivity contribution is 7.89. The van der Waals surface area contributed by atoms with Gasteiger partial charge >= 0.3 is 0 Å². The predicted octanol–water partition coefficient (Wildman–Crippen LogP) is 1.41. The van der Waals surface area contributed by atoms with E-state index in [4.69, 9.17) is 17.3 Å². The van der Waals surface area contributed by atoms with Crippen molar-refractivity contribution in [1.82, 2.24) is 14.5 Å². The molecule has 0 fully saturated rings. The van der Waals surface area contributed by atoms with Crippen LogP contribution in [0.4, 0.5) is 5.82 Å². The minimum atomic E-state index is -3.44. The molecule has 2 rings (SSSR count). The lowest BCUT2D eigenvalue weighted by Crippen LogP contribution is -2.23. The van der Waals surface area contributed by atoms with Gasteiger partial charge in [0.2, 0.25) is 10.0 Å². The molecule has 2 aromatic rings. The van der Waals surface area contributed by atoms with Gasteiger partial charge in [0, 0.05) is 6.54 Å². The number of rotatable bonds is 4. The third-order valence-electron chi connectivity index (χ3n) is 2.44. The Kier molecular flexibility index (Phi) is 3.79. The molecule has 0 atom stereocenters. The maximum Gasteiger partial charge on any atom is 0.240 e. The average molecular weight is 301 g/mol. The fourth-order valence-corrected chi connectivity index (χ4v) is 2.72. The number of nitrogen functional groups attached to an aromatic ring is 1. The number of hydrogen-bond acceptors (Lipinski definition) is 4. The maximum absolute atomic E-state index is 11.8. The average Bonchev–Trinajstić information content (AvgIpc) is 2.70. The zero-order valence-corrected chi connectivity index (χ0v) is 11.7. The summed E-state index contributed by atoms with van der Waals surface area (Å²) in [5, 5.41) is 4.36. The van der Waals surface area contributed by atoms with E-state index in [9.17, 15) is 8.42 Å². The predicted molar refractivity (Wildman–Crippen MR) is 73.8 cm³/mol. The highest BCUT2D eigenvalue weighted by atomic mass is 35.5. The molecule has 19 heavy (non-hydrogen) atoms. The van der Waals surface area contributed by atoms with Gasteiger partial charge in [-0.05, 0) is 24.3 Å². The Bertz CT molecular complexity index is 660. The van der Waals surface area contributed by atoms with Crippen molar-refractivity contribution in [1.29, 1.82) is 0 Å². The third kappa shape index (κ3) is 2.89. The summed E-state index contributed by atoms with van der Waals surface area (Å²) in [6.07, 6.45) is 1.56. The standard InChI is InChI=1S/C11H13ClN4O2S/c1-2-14-19(17,18)9-5-3-8(4-6-9)16-7-10(12)11(13)15-16/h3-7,14H,2H2,1H3,(H2,13,15). The molecule has 8 heteroatoms. The van der Waals surface area contributed by atoms with Crippen LogP contribution in [0, 0.1) is 0 Å². The highest BCUT2D eigenvalue weighted by Gasteiger charge is 2.12. The van der Waals surface area contributed by atoms with Crippen molar-refractivity contribution in [2.45, 2.75) is 11.8 Å². The summed E-state index contributed by atoms with van der Waals surface area (Å²) in [4.78, 5) is 0.198. The molecule has 0 aliphatic carbocycles. The summed E-state index contributed by atoms with van der Waals surface area (Å²) in [6, 6.07) is 6.26. The molecule has 0 aliphatic rings. The largest absolute Gasteiger partial charge is 0.381 e. The minimum absolute atomic E-state index is 0.198. The van der Waals surface area contributed by atoms with Crippen LogP contribution in [-0.4, -0.2) is 24.7 Å². The molecule has 0 amide bonds. The van der Waals surface area contributed by atoms with Gasteiger partial charge in [-0.2, -0.15) is 0 Å². The molecule has 1 aromatic carbocycles. The van der Waals surface area contributed by atoms with Crippen LogP contribution in [0.2, 0.25) is 5.02 Å². The van der Waals surface area contributed by atoms with Crippen LogP contribution in [0.5, 0.6) is 0 Å². The van der Waals surface area contributed by atoms with Gasteiger partial charge in [0.25, 0.3) is 0 Å². The van der Waals surface area contributed by atoms with Crippen molar-refractivity contribution in [3.05, 3.63) is 35.5 Å².